The van der Waals surface area contributed by atoms with Gasteiger partial charge in [-0.1, -0.05) is 6.92 Å². The van der Waals surface area contributed by atoms with Gasteiger partial charge >= 0.3 is 0 Å². The van der Waals surface area contributed by atoms with Gasteiger partial charge in [0.05, 0.1) is 11.5 Å². The van der Waals surface area contributed by atoms with Gasteiger partial charge < -0.3 is 4.98 Å². The van der Waals surface area contributed by atoms with Crippen molar-refractivity contribution in [2.45, 2.75) is 32.1 Å². The molecule has 1 saturated heterocycles. The summed E-state index contributed by atoms with van der Waals surface area (Å²) in [5, 5.41) is 0. The molecule has 17 heavy (non-hydrogen) atoms. The minimum absolute atomic E-state index is 0.102. The van der Waals surface area contributed by atoms with E-state index in [2.05, 4.69) is 9.97 Å². The van der Waals surface area contributed by atoms with Crippen molar-refractivity contribution < 1.29 is 13.2 Å². The second kappa shape index (κ2) is 3.94. The maximum absolute atomic E-state index is 11.7. The maximum Gasteiger partial charge on any atom is 0.170 e. The summed E-state index contributed by atoms with van der Waals surface area (Å²) in [5.74, 6) is 0.967. The normalized spacial score (nSPS) is 27.9. The fourth-order valence-electron chi connectivity index (χ4n) is 2.37. The highest BCUT2D eigenvalue weighted by atomic mass is 32.2. The van der Waals surface area contributed by atoms with Crippen molar-refractivity contribution in [2.75, 3.05) is 11.5 Å². The third-order valence-electron chi connectivity index (χ3n) is 3.33. The summed E-state index contributed by atoms with van der Waals surface area (Å²) >= 11 is 0. The molecule has 1 aromatic rings. The molecule has 2 heterocycles. The molecule has 94 valence electrons. The van der Waals surface area contributed by atoms with Crippen LogP contribution in [0.15, 0.2) is 0 Å². The molecule has 1 aliphatic rings. The lowest BCUT2D eigenvalue weighted by Crippen LogP contribution is -2.38. The van der Waals surface area contributed by atoms with Crippen molar-refractivity contribution in [3.63, 3.8) is 0 Å². The van der Waals surface area contributed by atoms with Gasteiger partial charge in [0.25, 0.3) is 0 Å². The number of aldehydes is 1. The quantitative estimate of drug-likeness (QED) is 0.800. The summed E-state index contributed by atoms with van der Waals surface area (Å²) in [5.41, 5.74) is 0.562. The summed E-state index contributed by atoms with van der Waals surface area (Å²) in [6, 6.07) is 0. The molecule has 0 spiro atoms. The lowest BCUT2D eigenvalue weighted by molar-refractivity contribution is 0.111. The molecule has 1 aromatic heterocycles. The fraction of sp³-hybridized carbons (Fsp3) is 0.636. The summed E-state index contributed by atoms with van der Waals surface area (Å²) < 4.78 is 23.4. The highest BCUT2D eigenvalue weighted by molar-refractivity contribution is 7.91. The van der Waals surface area contributed by atoms with E-state index in [0.29, 0.717) is 29.9 Å². The Balaban J connectivity index is 2.40. The van der Waals surface area contributed by atoms with E-state index >= 15 is 0 Å². The SMILES string of the molecule is Cc1[nH]c(C2(C)CCCS(=O)(=O)C2)nc1C=O. The summed E-state index contributed by atoms with van der Waals surface area (Å²) in [6.07, 6.45) is 2.11. The van der Waals surface area contributed by atoms with Crippen LogP contribution in [0.1, 0.15) is 41.8 Å². The van der Waals surface area contributed by atoms with Gasteiger partial charge in [-0.05, 0) is 19.8 Å². The van der Waals surface area contributed by atoms with Crippen molar-refractivity contribution >= 4 is 16.1 Å². The van der Waals surface area contributed by atoms with E-state index in [1.165, 1.54) is 0 Å². The highest BCUT2D eigenvalue weighted by Gasteiger charge is 2.38. The Morgan fingerprint density at radius 3 is 2.71 bits per heavy atom. The van der Waals surface area contributed by atoms with E-state index in [1.807, 2.05) is 6.92 Å². The lowest BCUT2D eigenvalue weighted by atomic mass is 9.86. The third-order valence-corrected chi connectivity index (χ3v) is 5.32. The molecule has 0 saturated carbocycles. The van der Waals surface area contributed by atoms with Crippen LogP contribution in [0.5, 0.6) is 0 Å². The first kappa shape index (κ1) is 12.3. The maximum atomic E-state index is 11.7. The first-order valence-corrected chi connectivity index (χ1v) is 7.41. The number of imidazole rings is 1. The Kier molecular flexibility index (Phi) is 2.85. The van der Waals surface area contributed by atoms with E-state index < -0.39 is 15.3 Å². The molecule has 6 heteroatoms. The summed E-state index contributed by atoms with van der Waals surface area (Å²) in [6.45, 7) is 3.65. The second-order valence-electron chi connectivity index (χ2n) is 4.97. The molecule has 1 atom stereocenters. The van der Waals surface area contributed by atoms with E-state index in [1.54, 1.807) is 6.92 Å². The minimum Gasteiger partial charge on any atom is -0.345 e. The van der Waals surface area contributed by atoms with Crippen molar-refractivity contribution in [2.24, 2.45) is 0 Å². The van der Waals surface area contributed by atoms with Crippen molar-refractivity contribution in [1.29, 1.82) is 0 Å². The van der Waals surface area contributed by atoms with Gasteiger partial charge in [0.1, 0.15) is 11.5 Å². The zero-order chi connectivity index (χ0) is 12.7. The van der Waals surface area contributed by atoms with Crippen LogP contribution in [0, 0.1) is 6.92 Å². The Labute approximate surface area is 101 Å². The Bertz CT molecular complexity index is 547. The number of carbonyl (C=O) groups is 1. The number of H-pyrrole nitrogens is 1. The molecule has 0 bridgehead atoms. The zero-order valence-corrected chi connectivity index (χ0v) is 10.8. The molecule has 1 unspecified atom stereocenters. The number of aromatic amines is 1. The average molecular weight is 256 g/mol. The van der Waals surface area contributed by atoms with E-state index in [9.17, 15) is 13.2 Å². The van der Waals surface area contributed by atoms with Crippen LogP contribution in [0.4, 0.5) is 0 Å². The number of carbonyl (C=O) groups excluding carboxylic acids is 1. The number of nitrogens with one attached hydrogen (secondary N) is 1. The number of nitrogens with zero attached hydrogens (tertiary/aromatic N) is 1. The largest absolute Gasteiger partial charge is 0.345 e. The smallest absolute Gasteiger partial charge is 0.170 e. The van der Waals surface area contributed by atoms with Gasteiger partial charge in [-0.15, -0.1) is 0 Å². The minimum atomic E-state index is -3.00. The van der Waals surface area contributed by atoms with Gasteiger partial charge in [-0.25, -0.2) is 13.4 Å². The molecule has 0 aliphatic carbocycles. The molecule has 1 fully saturated rings. The number of aryl methyl sites for hydroxylation is 1. The van der Waals surface area contributed by atoms with Crippen molar-refractivity contribution in [1.82, 2.24) is 9.97 Å². The van der Waals surface area contributed by atoms with Crippen LogP contribution in [0.25, 0.3) is 0 Å². The highest BCUT2D eigenvalue weighted by Crippen LogP contribution is 2.33. The van der Waals surface area contributed by atoms with Gasteiger partial charge in [0, 0.05) is 11.1 Å². The molecule has 5 nitrogen and oxygen atoms in total. The first-order valence-electron chi connectivity index (χ1n) is 5.59. The predicted molar refractivity (Wildman–Crippen MR) is 64.0 cm³/mol. The molecule has 1 N–H and O–H groups in total. The Morgan fingerprint density at radius 2 is 2.18 bits per heavy atom. The second-order valence-corrected chi connectivity index (χ2v) is 7.15. The van der Waals surface area contributed by atoms with Crippen molar-refractivity contribution in [3.05, 3.63) is 17.2 Å². The molecule has 0 radical (unpaired) electrons. The Morgan fingerprint density at radius 1 is 1.47 bits per heavy atom. The van der Waals surface area contributed by atoms with Gasteiger partial charge in [-0.3, -0.25) is 4.79 Å². The first-order chi connectivity index (χ1) is 7.86. The van der Waals surface area contributed by atoms with E-state index in [4.69, 9.17) is 0 Å². The zero-order valence-electron chi connectivity index (χ0n) is 9.99. The number of hydrogen-bond acceptors (Lipinski definition) is 4. The number of hydrogen-bond donors (Lipinski definition) is 1. The van der Waals surface area contributed by atoms with Crippen LogP contribution in [0.3, 0.4) is 0 Å². The van der Waals surface area contributed by atoms with Gasteiger partial charge in [0.2, 0.25) is 0 Å². The third kappa shape index (κ3) is 2.26. The standard InChI is InChI=1S/C11H16N2O3S/c1-8-9(6-14)13-10(12-8)11(2)4-3-5-17(15,16)7-11/h6H,3-5,7H2,1-2H3,(H,12,13). The van der Waals surface area contributed by atoms with Crippen LogP contribution >= 0.6 is 0 Å². The van der Waals surface area contributed by atoms with Crippen LogP contribution in [0.2, 0.25) is 0 Å². The summed E-state index contributed by atoms with van der Waals surface area (Å²) in [7, 11) is -3.00. The van der Waals surface area contributed by atoms with Gasteiger partial charge in [0.15, 0.2) is 16.1 Å². The van der Waals surface area contributed by atoms with Crippen molar-refractivity contribution in [3.8, 4) is 0 Å². The molecule has 1 aliphatic heterocycles. The monoisotopic (exact) mass is 256 g/mol. The average Bonchev–Trinajstić information content (AvgIpc) is 2.58. The van der Waals surface area contributed by atoms with Crippen LogP contribution in [-0.4, -0.2) is 36.2 Å². The fourth-order valence-corrected chi connectivity index (χ4v) is 4.35. The van der Waals surface area contributed by atoms with Crippen LogP contribution < -0.4 is 0 Å². The molecule has 2 rings (SSSR count). The predicted octanol–water partition coefficient (Wildman–Crippen LogP) is 0.997. The van der Waals surface area contributed by atoms with Crippen LogP contribution in [-0.2, 0) is 15.3 Å². The van der Waals surface area contributed by atoms with E-state index in [0.717, 1.165) is 6.42 Å². The van der Waals surface area contributed by atoms with Gasteiger partial charge in [-0.2, -0.15) is 0 Å². The molecular formula is C11H16N2O3S. The molecule has 0 amide bonds. The Hall–Kier alpha value is -1.17. The number of rotatable bonds is 2. The van der Waals surface area contributed by atoms with E-state index in [-0.39, 0.29) is 11.5 Å². The molecule has 0 aromatic carbocycles. The lowest BCUT2D eigenvalue weighted by Gasteiger charge is -2.31. The summed E-state index contributed by atoms with van der Waals surface area (Å²) in [4.78, 5) is 18.0. The number of aromatic nitrogens is 2. The topological polar surface area (TPSA) is 79.9 Å². The molecular weight excluding hydrogens is 240 g/mol. The number of sulfone groups is 1.